The molecule has 2 aromatic heterocycles. The number of rotatable bonds is 2. The lowest BCUT2D eigenvalue weighted by Gasteiger charge is -2.26. The zero-order chi connectivity index (χ0) is 18.3. The third kappa shape index (κ3) is 3.33. The first-order valence-electron chi connectivity index (χ1n) is 8.81. The van der Waals surface area contributed by atoms with Crippen LogP contribution in [0.15, 0.2) is 24.8 Å². The van der Waals surface area contributed by atoms with Crippen LogP contribution in [0, 0.1) is 11.8 Å². The predicted molar refractivity (Wildman–Crippen MR) is 93.9 cm³/mol. The van der Waals surface area contributed by atoms with Gasteiger partial charge in [0.05, 0.1) is 0 Å². The van der Waals surface area contributed by atoms with Gasteiger partial charge in [0.25, 0.3) is 0 Å². The molecule has 26 heavy (non-hydrogen) atoms. The van der Waals surface area contributed by atoms with E-state index in [0.717, 1.165) is 32.0 Å². The van der Waals surface area contributed by atoms with E-state index >= 15 is 0 Å². The number of fused-ring (bicyclic) bond motifs is 1. The summed E-state index contributed by atoms with van der Waals surface area (Å²) in [5.41, 5.74) is -0.456. The molecule has 2 aliphatic rings. The zero-order valence-corrected chi connectivity index (χ0v) is 15.2. The highest BCUT2D eigenvalue weighted by Crippen LogP contribution is 2.33. The number of nitrogens with zero attached hydrogens (tertiary/aromatic N) is 7. The third-order valence-corrected chi connectivity index (χ3v) is 4.75. The number of carbonyl (C=O) groups excluding carboxylic acids is 1. The van der Waals surface area contributed by atoms with Gasteiger partial charge in [-0.3, -0.25) is 0 Å². The van der Waals surface area contributed by atoms with Crippen molar-refractivity contribution in [2.24, 2.45) is 11.8 Å². The van der Waals surface area contributed by atoms with Gasteiger partial charge in [0.1, 0.15) is 18.3 Å². The van der Waals surface area contributed by atoms with Crippen molar-refractivity contribution in [3.8, 4) is 5.82 Å². The second-order valence-electron chi connectivity index (χ2n) is 7.90. The topological polar surface area (TPSA) is 89.3 Å². The molecule has 0 spiro atoms. The maximum atomic E-state index is 12.2. The first kappa shape index (κ1) is 16.7. The Morgan fingerprint density at radius 1 is 1.08 bits per heavy atom. The van der Waals surface area contributed by atoms with Crippen molar-refractivity contribution >= 4 is 11.9 Å². The van der Waals surface area contributed by atoms with E-state index in [0.29, 0.717) is 17.7 Å². The largest absolute Gasteiger partial charge is 0.444 e. The molecule has 9 heteroatoms. The Bertz CT molecular complexity index is 755. The summed E-state index contributed by atoms with van der Waals surface area (Å²) in [6, 6.07) is 3.84. The Morgan fingerprint density at radius 2 is 1.73 bits per heavy atom. The number of likely N-dealkylation sites (tertiary alicyclic amines) is 1. The highest BCUT2D eigenvalue weighted by molar-refractivity contribution is 5.68. The summed E-state index contributed by atoms with van der Waals surface area (Å²) in [6.07, 6.45) is 2.85. The van der Waals surface area contributed by atoms with Gasteiger partial charge in [-0.25, -0.2) is 14.5 Å². The molecule has 138 valence electrons. The van der Waals surface area contributed by atoms with Crippen molar-refractivity contribution in [1.82, 2.24) is 29.9 Å². The summed E-state index contributed by atoms with van der Waals surface area (Å²) in [4.78, 5) is 20.2. The van der Waals surface area contributed by atoms with Crippen molar-refractivity contribution in [2.45, 2.75) is 26.4 Å². The van der Waals surface area contributed by atoms with Crippen LogP contribution in [0.25, 0.3) is 5.82 Å². The predicted octanol–water partition coefficient (Wildman–Crippen LogP) is 1.36. The van der Waals surface area contributed by atoms with Gasteiger partial charge in [-0.1, -0.05) is 0 Å². The zero-order valence-electron chi connectivity index (χ0n) is 15.2. The highest BCUT2D eigenvalue weighted by Gasteiger charge is 2.43. The van der Waals surface area contributed by atoms with Crippen LogP contribution in [-0.2, 0) is 4.74 Å². The summed E-state index contributed by atoms with van der Waals surface area (Å²) in [5.74, 6) is 2.38. The van der Waals surface area contributed by atoms with Gasteiger partial charge in [0.2, 0.25) is 0 Å². The van der Waals surface area contributed by atoms with Crippen LogP contribution >= 0.6 is 0 Å². The quantitative estimate of drug-likeness (QED) is 0.801. The number of anilines is 1. The average molecular weight is 357 g/mol. The lowest BCUT2D eigenvalue weighted by atomic mass is 10.0. The maximum absolute atomic E-state index is 12.2. The Kier molecular flexibility index (Phi) is 4.01. The van der Waals surface area contributed by atoms with Gasteiger partial charge in [-0.2, -0.15) is 5.10 Å². The second-order valence-corrected chi connectivity index (χ2v) is 7.90. The minimum absolute atomic E-state index is 0.213. The molecule has 0 radical (unpaired) electrons. The summed E-state index contributed by atoms with van der Waals surface area (Å²) >= 11 is 0. The fourth-order valence-electron chi connectivity index (χ4n) is 3.59. The molecular weight excluding hydrogens is 334 g/mol. The molecule has 2 aliphatic heterocycles. The van der Waals surface area contributed by atoms with Gasteiger partial charge in [0.15, 0.2) is 11.6 Å². The van der Waals surface area contributed by atoms with E-state index in [1.54, 1.807) is 11.0 Å². The number of aromatic nitrogens is 5. The molecule has 9 nitrogen and oxygen atoms in total. The van der Waals surface area contributed by atoms with Crippen molar-refractivity contribution < 1.29 is 9.53 Å². The van der Waals surface area contributed by atoms with Crippen LogP contribution in [0.4, 0.5) is 10.6 Å². The van der Waals surface area contributed by atoms with E-state index in [9.17, 15) is 4.79 Å². The van der Waals surface area contributed by atoms with Crippen molar-refractivity contribution in [1.29, 1.82) is 0 Å². The molecule has 0 unspecified atom stereocenters. The highest BCUT2D eigenvalue weighted by atomic mass is 16.6. The molecule has 0 bridgehead atoms. The monoisotopic (exact) mass is 357 g/mol. The standard InChI is InChI=1S/C17H23N7O2/c1-17(2,3)26-16(25)23-8-12-6-22(7-13(12)9-23)14-4-5-15(21-20-14)24-11-18-10-19-24/h4-5,10-13H,6-9H2,1-3H3/t12-,13+. The van der Waals surface area contributed by atoms with E-state index in [2.05, 4.69) is 25.2 Å². The molecule has 4 heterocycles. The van der Waals surface area contributed by atoms with Crippen LogP contribution in [0.5, 0.6) is 0 Å². The average Bonchev–Trinajstić information content (AvgIpc) is 3.29. The Morgan fingerprint density at radius 3 is 2.27 bits per heavy atom. The van der Waals surface area contributed by atoms with E-state index in [1.165, 1.54) is 6.33 Å². The molecule has 2 atom stereocenters. The van der Waals surface area contributed by atoms with Gasteiger partial charge in [0, 0.05) is 38.0 Å². The fraction of sp³-hybridized carbons (Fsp3) is 0.588. The number of hydrogen-bond donors (Lipinski definition) is 0. The second kappa shape index (κ2) is 6.22. The Hall–Kier alpha value is -2.71. The van der Waals surface area contributed by atoms with Gasteiger partial charge in [-0.05, 0) is 32.9 Å². The van der Waals surface area contributed by atoms with Crippen LogP contribution in [0.1, 0.15) is 20.8 Å². The van der Waals surface area contributed by atoms with Gasteiger partial charge >= 0.3 is 6.09 Å². The minimum atomic E-state index is -0.456. The Labute approximate surface area is 152 Å². The van der Waals surface area contributed by atoms with Gasteiger partial charge in [-0.15, -0.1) is 10.2 Å². The number of hydrogen-bond acceptors (Lipinski definition) is 7. The van der Waals surface area contributed by atoms with E-state index in [-0.39, 0.29) is 6.09 Å². The fourth-order valence-corrected chi connectivity index (χ4v) is 3.59. The SMILES string of the molecule is CC(C)(C)OC(=O)N1C[C@@H]2CN(c3ccc(-n4cncn4)nn3)C[C@@H]2C1. The Balaban J connectivity index is 1.37. The normalized spacial score (nSPS) is 22.6. The van der Waals surface area contributed by atoms with E-state index in [4.69, 9.17) is 4.74 Å². The first-order valence-corrected chi connectivity index (χ1v) is 8.81. The van der Waals surface area contributed by atoms with Crippen LogP contribution in [0.3, 0.4) is 0 Å². The van der Waals surface area contributed by atoms with Crippen LogP contribution in [-0.4, -0.2) is 67.7 Å². The minimum Gasteiger partial charge on any atom is -0.444 e. The molecule has 2 aromatic rings. The van der Waals surface area contributed by atoms with Crippen molar-refractivity contribution in [3.05, 3.63) is 24.8 Å². The number of carbonyl (C=O) groups is 1. The molecule has 4 rings (SSSR count). The molecule has 0 N–H and O–H groups in total. The number of ether oxygens (including phenoxy) is 1. The van der Waals surface area contributed by atoms with Crippen LogP contribution < -0.4 is 4.90 Å². The molecule has 1 amide bonds. The van der Waals surface area contributed by atoms with Crippen molar-refractivity contribution in [3.63, 3.8) is 0 Å². The van der Waals surface area contributed by atoms with E-state index < -0.39 is 5.60 Å². The summed E-state index contributed by atoms with van der Waals surface area (Å²) in [5, 5.41) is 12.6. The lowest BCUT2D eigenvalue weighted by molar-refractivity contribution is 0.0282. The van der Waals surface area contributed by atoms with Gasteiger partial charge < -0.3 is 14.5 Å². The summed E-state index contributed by atoms with van der Waals surface area (Å²) < 4.78 is 7.06. The first-order chi connectivity index (χ1) is 12.4. The molecular formula is C17H23N7O2. The third-order valence-electron chi connectivity index (χ3n) is 4.75. The molecule has 2 fully saturated rings. The number of amides is 1. The van der Waals surface area contributed by atoms with E-state index in [1.807, 2.05) is 37.8 Å². The lowest BCUT2D eigenvalue weighted by Crippen LogP contribution is -2.37. The van der Waals surface area contributed by atoms with Crippen LogP contribution in [0.2, 0.25) is 0 Å². The molecule has 0 saturated carbocycles. The molecule has 0 aliphatic carbocycles. The maximum Gasteiger partial charge on any atom is 0.410 e. The molecule has 2 saturated heterocycles. The summed E-state index contributed by atoms with van der Waals surface area (Å²) in [7, 11) is 0. The smallest absolute Gasteiger partial charge is 0.410 e. The summed E-state index contributed by atoms with van der Waals surface area (Å²) in [6.45, 7) is 8.91. The molecule has 0 aromatic carbocycles. The van der Waals surface area contributed by atoms with Crippen molar-refractivity contribution in [2.75, 3.05) is 31.1 Å².